The number of hydrogen-bond donors (Lipinski definition) is 2. The molecule has 3 aliphatic heterocycles. The van der Waals surface area contributed by atoms with E-state index in [2.05, 4.69) is 5.32 Å². The van der Waals surface area contributed by atoms with Crippen molar-refractivity contribution in [1.82, 2.24) is 4.90 Å². The van der Waals surface area contributed by atoms with Gasteiger partial charge in [-0.1, -0.05) is 30.7 Å². The molecule has 1 spiro atoms. The van der Waals surface area contributed by atoms with Gasteiger partial charge >= 0.3 is 5.97 Å². The average Bonchev–Trinajstić information content (AvgIpc) is 3.43. The molecule has 2 N–H and O–H groups in total. The zero-order valence-electron chi connectivity index (χ0n) is 20.6. The first-order valence-electron chi connectivity index (χ1n) is 12.6. The van der Waals surface area contributed by atoms with Crippen molar-refractivity contribution >= 4 is 35.1 Å². The van der Waals surface area contributed by atoms with Crippen LogP contribution in [0.5, 0.6) is 0 Å². The topological polar surface area (TPSA) is 105 Å². The second-order valence-electron chi connectivity index (χ2n) is 9.82. The molecule has 8 nitrogen and oxygen atoms in total. The van der Waals surface area contributed by atoms with Gasteiger partial charge in [0.25, 0.3) is 0 Å². The number of halogens is 1. The predicted octanol–water partition coefficient (Wildman–Crippen LogP) is 3.47. The summed E-state index contributed by atoms with van der Waals surface area (Å²) in [5.41, 5.74) is -0.592. The number of carbonyl (C=O) groups excluding carboxylic acids is 3. The first kappa shape index (κ1) is 25.9. The van der Waals surface area contributed by atoms with E-state index in [-0.39, 0.29) is 25.0 Å². The van der Waals surface area contributed by atoms with Crippen molar-refractivity contribution in [2.24, 2.45) is 11.8 Å². The van der Waals surface area contributed by atoms with E-state index in [9.17, 15) is 14.4 Å². The molecule has 2 unspecified atom stereocenters. The fourth-order valence-corrected chi connectivity index (χ4v) is 6.67. The quantitative estimate of drug-likeness (QED) is 0.372. The third kappa shape index (κ3) is 4.13. The zero-order chi connectivity index (χ0) is 25.4. The highest BCUT2D eigenvalue weighted by atomic mass is 35.5. The number of para-hydroxylation sites is 1. The molecule has 0 aliphatic carbocycles. The Hall–Kier alpha value is -2.16. The molecule has 1 aromatic carbocycles. The molecule has 3 fully saturated rings. The van der Waals surface area contributed by atoms with Gasteiger partial charge in [0, 0.05) is 13.2 Å². The summed E-state index contributed by atoms with van der Waals surface area (Å²) in [6.07, 6.45) is 3.62. The van der Waals surface area contributed by atoms with Crippen LogP contribution in [0.3, 0.4) is 0 Å². The van der Waals surface area contributed by atoms with Gasteiger partial charge in [0.05, 0.1) is 28.8 Å². The van der Waals surface area contributed by atoms with Crippen LogP contribution in [0.2, 0.25) is 5.02 Å². The Morgan fingerprint density at radius 2 is 2.03 bits per heavy atom. The van der Waals surface area contributed by atoms with Gasteiger partial charge < -0.3 is 24.8 Å². The molecule has 2 bridgehead atoms. The molecular formula is C26H35ClN2O6. The Morgan fingerprint density at radius 3 is 2.69 bits per heavy atom. The summed E-state index contributed by atoms with van der Waals surface area (Å²) in [6.45, 7) is 6.18. The lowest BCUT2D eigenvalue weighted by Gasteiger charge is -2.33. The molecule has 2 amide bonds. The van der Waals surface area contributed by atoms with Crippen LogP contribution < -0.4 is 5.32 Å². The van der Waals surface area contributed by atoms with Crippen LogP contribution >= 0.6 is 11.6 Å². The van der Waals surface area contributed by atoms with Crippen LogP contribution in [0.15, 0.2) is 18.2 Å². The molecule has 0 aromatic heterocycles. The molecule has 35 heavy (non-hydrogen) atoms. The molecular weight excluding hydrogens is 472 g/mol. The number of likely N-dealkylation sites (tertiary alicyclic amines) is 1. The van der Waals surface area contributed by atoms with E-state index in [0.717, 1.165) is 12.0 Å². The maximum absolute atomic E-state index is 13.9. The molecule has 4 rings (SSSR count). The lowest BCUT2D eigenvalue weighted by Crippen LogP contribution is -2.53. The average molecular weight is 507 g/mol. The van der Waals surface area contributed by atoms with E-state index in [1.807, 2.05) is 26.0 Å². The lowest BCUT2D eigenvalue weighted by molar-refractivity contribution is -0.160. The van der Waals surface area contributed by atoms with Gasteiger partial charge in [0.2, 0.25) is 11.8 Å². The van der Waals surface area contributed by atoms with Crippen molar-refractivity contribution < 1.29 is 29.0 Å². The second-order valence-corrected chi connectivity index (χ2v) is 10.2. The lowest BCUT2D eigenvalue weighted by atomic mass is 9.65. The van der Waals surface area contributed by atoms with Crippen molar-refractivity contribution in [3.05, 3.63) is 28.8 Å². The molecule has 3 heterocycles. The summed E-state index contributed by atoms with van der Waals surface area (Å²) < 4.78 is 12.1. The summed E-state index contributed by atoms with van der Waals surface area (Å²) in [4.78, 5) is 42.5. The van der Waals surface area contributed by atoms with Crippen molar-refractivity contribution in [3.63, 3.8) is 0 Å². The minimum Gasteiger partial charge on any atom is -0.466 e. The molecule has 192 valence electrons. The van der Waals surface area contributed by atoms with Crippen LogP contribution in [0.4, 0.5) is 5.69 Å². The first-order chi connectivity index (χ1) is 16.8. The minimum absolute atomic E-state index is 0.0727. The Bertz CT molecular complexity index is 982. The molecule has 9 heteroatoms. The van der Waals surface area contributed by atoms with Crippen molar-refractivity contribution in [3.8, 4) is 0 Å². The van der Waals surface area contributed by atoms with Crippen molar-refractivity contribution in [2.75, 3.05) is 25.1 Å². The van der Waals surface area contributed by atoms with E-state index in [1.54, 1.807) is 17.9 Å². The molecule has 1 aromatic rings. The van der Waals surface area contributed by atoms with E-state index >= 15 is 0 Å². The maximum atomic E-state index is 13.9. The monoisotopic (exact) mass is 506 g/mol. The maximum Gasteiger partial charge on any atom is 0.312 e. The number of nitrogens with one attached hydrogen (secondary N) is 1. The number of unbranched alkanes of at least 4 members (excludes halogenated alkanes) is 2. The summed E-state index contributed by atoms with van der Waals surface area (Å²) in [6, 6.07) is 4.48. The second kappa shape index (κ2) is 10.1. The number of benzene rings is 1. The van der Waals surface area contributed by atoms with Crippen LogP contribution in [-0.2, 0) is 23.9 Å². The van der Waals surface area contributed by atoms with E-state index in [0.29, 0.717) is 49.4 Å². The van der Waals surface area contributed by atoms with Crippen LogP contribution in [0.25, 0.3) is 0 Å². The summed E-state index contributed by atoms with van der Waals surface area (Å²) in [5.74, 6) is -2.55. The minimum atomic E-state index is -1.10. The Labute approximate surface area is 211 Å². The number of amides is 2. The van der Waals surface area contributed by atoms with Crippen molar-refractivity contribution in [2.45, 2.75) is 76.5 Å². The smallest absolute Gasteiger partial charge is 0.312 e. The highest BCUT2D eigenvalue weighted by Crippen LogP contribution is 2.64. The molecule has 5 atom stereocenters. The number of esters is 1. The van der Waals surface area contributed by atoms with E-state index in [1.165, 1.54) is 0 Å². The third-order valence-electron chi connectivity index (χ3n) is 8.00. The summed E-state index contributed by atoms with van der Waals surface area (Å²) in [5, 5.41) is 12.5. The number of ether oxygens (including phenoxy) is 2. The fourth-order valence-electron chi connectivity index (χ4n) is 6.40. The van der Waals surface area contributed by atoms with E-state index in [4.69, 9.17) is 26.2 Å². The number of fused-ring (bicyclic) bond motifs is 1. The highest BCUT2D eigenvalue weighted by Gasteiger charge is 2.78. The standard InChI is InChI=1S/C26H35ClN2O6/c1-4-25-12-13-26(35-25)18(19(25)24(33)34-5-2)23(32)29(14-7-6-8-15-30)21(26)22(31)28-20-16(3)10-9-11-17(20)27/h9-11,18-19,21,30H,4-8,12-15H2,1-3H3,(H,28,31)/t18-,19-,21?,25+,26?/m0/s1. The Kier molecular flexibility index (Phi) is 7.46. The SMILES string of the molecule is CCOC(=O)[C@@H]1[C@H]2C(=O)N(CCCCCO)C(C(=O)Nc3c(C)cccc3Cl)C23CC[C@@]1(CC)O3. The number of anilines is 1. The Balaban J connectivity index is 1.73. The largest absolute Gasteiger partial charge is 0.466 e. The number of aryl methyl sites for hydroxylation is 1. The van der Waals surface area contributed by atoms with Gasteiger partial charge in [-0.15, -0.1) is 0 Å². The number of carbonyl (C=O) groups is 3. The normalized spacial score (nSPS) is 31.1. The zero-order valence-corrected chi connectivity index (χ0v) is 21.4. The fraction of sp³-hybridized carbons (Fsp3) is 0.654. The van der Waals surface area contributed by atoms with Crippen LogP contribution in [-0.4, -0.2) is 64.8 Å². The number of aliphatic hydroxyl groups excluding tert-OH is 1. The van der Waals surface area contributed by atoms with E-state index < -0.39 is 35.0 Å². The highest BCUT2D eigenvalue weighted by molar-refractivity contribution is 6.34. The van der Waals surface area contributed by atoms with Gasteiger partial charge in [-0.2, -0.15) is 0 Å². The number of rotatable bonds is 10. The number of aliphatic hydroxyl groups is 1. The Morgan fingerprint density at radius 1 is 1.26 bits per heavy atom. The third-order valence-corrected chi connectivity index (χ3v) is 8.31. The summed E-state index contributed by atoms with van der Waals surface area (Å²) in [7, 11) is 0. The first-order valence-corrected chi connectivity index (χ1v) is 13.0. The van der Waals surface area contributed by atoms with Crippen LogP contribution in [0.1, 0.15) is 57.9 Å². The summed E-state index contributed by atoms with van der Waals surface area (Å²) >= 11 is 6.38. The van der Waals surface area contributed by atoms with Gasteiger partial charge in [0.1, 0.15) is 17.6 Å². The van der Waals surface area contributed by atoms with Crippen LogP contribution in [0, 0.1) is 18.8 Å². The number of nitrogens with zero attached hydrogens (tertiary/aromatic N) is 1. The molecule has 3 aliphatic rings. The van der Waals surface area contributed by atoms with Gasteiger partial charge in [0.15, 0.2) is 0 Å². The molecule has 0 saturated carbocycles. The predicted molar refractivity (Wildman–Crippen MR) is 131 cm³/mol. The van der Waals surface area contributed by atoms with Gasteiger partial charge in [-0.05, 0) is 64.0 Å². The molecule has 0 radical (unpaired) electrons. The van der Waals surface area contributed by atoms with Crippen molar-refractivity contribution in [1.29, 1.82) is 0 Å². The molecule has 3 saturated heterocycles. The van der Waals surface area contributed by atoms with Gasteiger partial charge in [-0.3, -0.25) is 14.4 Å². The number of hydrogen-bond acceptors (Lipinski definition) is 6. The van der Waals surface area contributed by atoms with Gasteiger partial charge in [-0.25, -0.2) is 0 Å².